The van der Waals surface area contributed by atoms with Crippen LogP contribution in [-0.2, 0) is 4.79 Å². The van der Waals surface area contributed by atoms with E-state index in [4.69, 9.17) is 4.74 Å². The van der Waals surface area contributed by atoms with E-state index in [0.717, 1.165) is 38.0 Å². The van der Waals surface area contributed by atoms with Gasteiger partial charge in [0.05, 0.1) is 12.1 Å². The Bertz CT molecular complexity index is 834. The first-order valence-corrected chi connectivity index (χ1v) is 9.96. The molecule has 0 saturated carbocycles. The lowest BCUT2D eigenvalue weighted by Crippen LogP contribution is -2.48. The lowest BCUT2D eigenvalue weighted by molar-refractivity contribution is -0.117. The van der Waals surface area contributed by atoms with Gasteiger partial charge in [0.15, 0.2) is 11.6 Å². The lowest BCUT2D eigenvalue weighted by atomic mass is 10.1. The van der Waals surface area contributed by atoms with Crippen LogP contribution < -0.4 is 20.5 Å². The number of pyridine rings is 1. The van der Waals surface area contributed by atoms with E-state index in [1.807, 2.05) is 22.0 Å². The summed E-state index contributed by atoms with van der Waals surface area (Å²) in [7, 11) is 1.75. The molecule has 1 saturated heterocycles. The quantitative estimate of drug-likeness (QED) is 0.561. The molecule has 29 heavy (non-hydrogen) atoms. The van der Waals surface area contributed by atoms with Crippen LogP contribution >= 0.6 is 0 Å². The van der Waals surface area contributed by atoms with Crippen molar-refractivity contribution in [2.75, 3.05) is 38.2 Å². The van der Waals surface area contributed by atoms with Crippen LogP contribution in [0.3, 0.4) is 0 Å². The number of hydrogen-bond donors (Lipinski definition) is 2. The predicted molar refractivity (Wildman–Crippen MR) is 108 cm³/mol. The van der Waals surface area contributed by atoms with Gasteiger partial charge in [0, 0.05) is 31.2 Å². The average molecular weight is 398 g/mol. The summed E-state index contributed by atoms with van der Waals surface area (Å²) in [4.78, 5) is 34.1. The average Bonchev–Trinajstić information content (AvgIpc) is 2.78. The number of carbonyl (C=O) groups excluding carboxylic acids is 2. The van der Waals surface area contributed by atoms with E-state index in [1.54, 1.807) is 25.5 Å². The molecule has 1 aromatic rings. The van der Waals surface area contributed by atoms with Gasteiger partial charge in [0.1, 0.15) is 12.8 Å². The molecule has 1 fully saturated rings. The monoisotopic (exact) mass is 398 g/mol. The zero-order chi connectivity index (χ0) is 20.2. The van der Waals surface area contributed by atoms with Crippen LogP contribution in [0.15, 0.2) is 36.3 Å². The van der Waals surface area contributed by atoms with Crippen LogP contribution in [-0.4, -0.2) is 66.6 Å². The van der Waals surface area contributed by atoms with Crippen LogP contribution in [0.2, 0.25) is 0 Å². The summed E-state index contributed by atoms with van der Waals surface area (Å²) >= 11 is 0. The number of nitrogens with one attached hydrogen (secondary N) is 2. The molecule has 0 aromatic carbocycles. The molecule has 9 nitrogen and oxygen atoms in total. The highest BCUT2D eigenvalue weighted by Crippen LogP contribution is 2.34. The summed E-state index contributed by atoms with van der Waals surface area (Å²) in [6, 6.07) is 1.79. The lowest BCUT2D eigenvalue weighted by Gasteiger charge is -2.35. The number of amides is 2. The Morgan fingerprint density at radius 1 is 1.28 bits per heavy atom. The molecule has 154 valence electrons. The zero-order valence-electron chi connectivity index (χ0n) is 16.5. The number of hydrazine groups is 1. The maximum Gasteiger partial charge on any atom is 0.255 e. The van der Waals surface area contributed by atoms with Crippen LogP contribution in [0.1, 0.15) is 29.6 Å². The van der Waals surface area contributed by atoms with Gasteiger partial charge in [0.25, 0.3) is 5.91 Å². The second kappa shape index (κ2) is 8.62. The van der Waals surface area contributed by atoms with Gasteiger partial charge in [-0.15, -0.1) is 0 Å². The molecule has 0 aliphatic carbocycles. The number of piperidine rings is 1. The highest BCUT2D eigenvalue weighted by atomic mass is 16.5. The number of fused-ring (bicyclic) bond motifs is 1. The minimum atomic E-state index is -0.316. The molecule has 2 amide bonds. The van der Waals surface area contributed by atoms with Crippen molar-refractivity contribution in [3.8, 4) is 5.75 Å². The van der Waals surface area contributed by atoms with Gasteiger partial charge in [-0.1, -0.05) is 0 Å². The van der Waals surface area contributed by atoms with Gasteiger partial charge in [-0.25, -0.2) is 10.4 Å². The third kappa shape index (κ3) is 3.96. The van der Waals surface area contributed by atoms with Crippen LogP contribution in [0.4, 0.5) is 5.82 Å². The molecular weight excluding hydrogens is 372 g/mol. The van der Waals surface area contributed by atoms with E-state index in [0.29, 0.717) is 30.3 Å². The Morgan fingerprint density at radius 3 is 2.86 bits per heavy atom. The van der Waals surface area contributed by atoms with Crippen molar-refractivity contribution in [2.24, 2.45) is 0 Å². The molecule has 1 aromatic heterocycles. The fraction of sp³-hybridized carbons (Fsp3) is 0.450. The van der Waals surface area contributed by atoms with E-state index in [2.05, 4.69) is 15.8 Å². The summed E-state index contributed by atoms with van der Waals surface area (Å²) in [5, 5.41) is 0. The number of anilines is 1. The third-order valence-electron chi connectivity index (χ3n) is 5.34. The van der Waals surface area contributed by atoms with Crippen molar-refractivity contribution in [3.05, 3.63) is 41.9 Å². The molecule has 1 atom stereocenters. The summed E-state index contributed by atoms with van der Waals surface area (Å²) < 4.78 is 5.82. The Labute approximate surface area is 170 Å². The van der Waals surface area contributed by atoms with Gasteiger partial charge >= 0.3 is 0 Å². The molecule has 1 unspecified atom stereocenters. The molecule has 0 spiro atoms. The second-order valence-corrected chi connectivity index (χ2v) is 7.20. The largest absolute Gasteiger partial charge is 0.488 e. The van der Waals surface area contributed by atoms with E-state index in [1.165, 1.54) is 11.3 Å². The standard InChI is InChI=1S/C20H26N6O3/c1-21-23-18-12-16(5-8-25(18)14-27)26-9-10-29-17-11-15(13-22-19(17)26)20(28)24-6-3-2-4-7-24/h5,8,11-14,18,21,23H,2-4,6-7,9-10H2,1H3. The molecule has 9 heteroatoms. The van der Waals surface area contributed by atoms with Crippen molar-refractivity contribution < 1.29 is 14.3 Å². The first-order chi connectivity index (χ1) is 14.2. The second-order valence-electron chi connectivity index (χ2n) is 7.20. The maximum absolute atomic E-state index is 12.8. The van der Waals surface area contributed by atoms with Gasteiger partial charge in [0.2, 0.25) is 6.41 Å². The van der Waals surface area contributed by atoms with Gasteiger partial charge < -0.3 is 19.4 Å². The summed E-state index contributed by atoms with van der Waals surface area (Å²) in [5.74, 6) is 1.28. The molecule has 3 aliphatic rings. The maximum atomic E-state index is 12.8. The van der Waals surface area contributed by atoms with Crippen molar-refractivity contribution in [3.63, 3.8) is 0 Å². The Hall–Kier alpha value is -2.91. The number of rotatable bonds is 5. The number of aromatic nitrogens is 1. The highest BCUT2D eigenvalue weighted by molar-refractivity contribution is 5.95. The Morgan fingerprint density at radius 2 is 2.10 bits per heavy atom. The molecule has 0 radical (unpaired) electrons. The first kappa shape index (κ1) is 19.4. The fourth-order valence-corrected chi connectivity index (χ4v) is 3.85. The molecule has 3 aliphatic heterocycles. The SMILES string of the molecule is CNNC1C=C(N2CCOc3cc(C(=O)N4CCCCC4)cnc32)C=CN1C=O. The van der Waals surface area contributed by atoms with Crippen molar-refractivity contribution in [2.45, 2.75) is 25.4 Å². The summed E-state index contributed by atoms with van der Waals surface area (Å²) in [5.41, 5.74) is 7.36. The van der Waals surface area contributed by atoms with Crippen LogP contribution in [0, 0.1) is 0 Å². The number of likely N-dealkylation sites (tertiary alicyclic amines) is 1. The van der Waals surface area contributed by atoms with Gasteiger partial charge in [-0.05, 0) is 44.5 Å². The normalized spacial score (nSPS) is 21.3. The van der Waals surface area contributed by atoms with E-state index >= 15 is 0 Å². The smallest absolute Gasteiger partial charge is 0.255 e. The fourth-order valence-electron chi connectivity index (χ4n) is 3.85. The highest BCUT2D eigenvalue weighted by Gasteiger charge is 2.27. The van der Waals surface area contributed by atoms with E-state index in [-0.39, 0.29) is 12.1 Å². The molecular formula is C20H26N6O3. The number of nitrogens with zero attached hydrogens (tertiary/aromatic N) is 4. The van der Waals surface area contributed by atoms with Crippen LogP contribution in [0.5, 0.6) is 5.75 Å². The number of carbonyl (C=O) groups is 2. The third-order valence-corrected chi connectivity index (χ3v) is 5.34. The van der Waals surface area contributed by atoms with Crippen molar-refractivity contribution in [1.82, 2.24) is 25.6 Å². The summed E-state index contributed by atoms with van der Waals surface area (Å²) in [6.45, 7) is 2.72. The first-order valence-electron chi connectivity index (χ1n) is 9.96. The number of allylic oxidation sites excluding steroid dienone is 1. The van der Waals surface area contributed by atoms with Crippen molar-refractivity contribution >= 4 is 18.1 Å². The molecule has 0 bridgehead atoms. The molecule has 4 rings (SSSR count). The predicted octanol–water partition coefficient (Wildman–Crippen LogP) is 0.826. The van der Waals surface area contributed by atoms with Gasteiger partial charge in [-0.2, -0.15) is 0 Å². The molecule has 4 heterocycles. The number of hydrogen-bond acceptors (Lipinski definition) is 7. The minimum Gasteiger partial charge on any atom is -0.488 e. The summed E-state index contributed by atoms with van der Waals surface area (Å²) in [6.07, 6.45) is 10.9. The van der Waals surface area contributed by atoms with E-state index in [9.17, 15) is 9.59 Å². The molecule has 2 N–H and O–H groups in total. The Balaban J connectivity index is 1.58. The number of ether oxygens (including phenoxy) is 1. The van der Waals surface area contributed by atoms with E-state index < -0.39 is 0 Å². The topological polar surface area (TPSA) is 90.0 Å². The zero-order valence-corrected chi connectivity index (χ0v) is 16.5. The van der Waals surface area contributed by atoms with Gasteiger partial charge in [-0.3, -0.25) is 15.0 Å². The van der Waals surface area contributed by atoms with Crippen LogP contribution in [0.25, 0.3) is 0 Å². The Kier molecular flexibility index (Phi) is 5.77. The van der Waals surface area contributed by atoms with Crippen molar-refractivity contribution in [1.29, 1.82) is 0 Å². The minimum absolute atomic E-state index is 0.0115.